The monoisotopic (exact) mass is 564 g/mol. The van der Waals surface area contributed by atoms with Crippen molar-refractivity contribution in [2.24, 2.45) is 5.92 Å². The summed E-state index contributed by atoms with van der Waals surface area (Å²) in [7, 11) is 0. The maximum absolute atomic E-state index is 14.2. The van der Waals surface area contributed by atoms with Gasteiger partial charge in [-0.2, -0.15) is 13.2 Å². The number of ether oxygens (including phenoxy) is 2. The van der Waals surface area contributed by atoms with Crippen LogP contribution < -0.4 is 0 Å². The first-order valence-electron chi connectivity index (χ1n) is 10.5. The van der Waals surface area contributed by atoms with E-state index in [2.05, 4.69) is 22.6 Å². The first kappa shape index (κ1) is 23.6. The summed E-state index contributed by atoms with van der Waals surface area (Å²) in [5.41, 5.74) is 0.854. The molecule has 1 heterocycles. The summed E-state index contributed by atoms with van der Waals surface area (Å²) in [5.74, 6) is -1.62. The molecular weight excluding hydrogens is 542 g/mol. The second-order valence-corrected chi connectivity index (χ2v) is 9.96. The van der Waals surface area contributed by atoms with Crippen LogP contribution in [-0.4, -0.2) is 22.8 Å². The summed E-state index contributed by atoms with van der Waals surface area (Å²) < 4.78 is 78.1. The average Bonchev–Trinajstić information content (AvgIpc) is 3.23. The lowest BCUT2D eigenvalue weighted by Crippen LogP contribution is -2.27. The zero-order valence-electron chi connectivity index (χ0n) is 17.0. The molecule has 1 aliphatic carbocycles. The summed E-state index contributed by atoms with van der Waals surface area (Å²) in [4.78, 5) is 0. The largest absolute Gasteiger partial charge is 0.409 e. The quantitative estimate of drug-likeness (QED) is 0.216. The molecule has 2 aromatic carbocycles. The van der Waals surface area contributed by atoms with Crippen molar-refractivity contribution >= 4 is 28.7 Å². The summed E-state index contributed by atoms with van der Waals surface area (Å²) in [5, 5.41) is 0. The highest BCUT2D eigenvalue weighted by molar-refractivity contribution is 14.1. The van der Waals surface area contributed by atoms with Crippen molar-refractivity contribution < 1.29 is 31.4 Å². The van der Waals surface area contributed by atoms with Crippen LogP contribution in [0, 0.1) is 17.6 Å². The Hall–Kier alpha value is -1.52. The zero-order chi connectivity index (χ0) is 22.9. The summed E-state index contributed by atoms with van der Waals surface area (Å²) in [6, 6.07) is 8.98. The lowest BCUT2D eigenvalue weighted by atomic mass is 9.85. The molecule has 8 heteroatoms. The van der Waals surface area contributed by atoms with Crippen molar-refractivity contribution in [2.45, 2.75) is 48.2 Å². The number of benzene rings is 2. The highest BCUT2D eigenvalue weighted by Crippen LogP contribution is 2.38. The predicted molar refractivity (Wildman–Crippen MR) is 120 cm³/mol. The van der Waals surface area contributed by atoms with Gasteiger partial charge < -0.3 is 9.47 Å². The SMILES string of the molecule is Fc1cc(-c2ccc(C3OCC(C4CCC(I)CC4)O3)cc2)cc(F)c1/C=C/C(F)(F)F. The Morgan fingerprint density at radius 1 is 0.906 bits per heavy atom. The first-order valence-corrected chi connectivity index (χ1v) is 11.7. The minimum Gasteiger partial charge on any atom is -0.346 e. The van der Waals surface area contributed by atoms with E-state index in [9.17, 15) is 22.0 Å². The predicted octanol–water partition coefficient (Wildman–Crippen LogP) is 7.62. The fourth-order valence-corrected chi connectivity index (χ4v) is 4.93. The Kier molecular flexibility index (Phi) is 7.21. The normalized spacial score (nSPS) is 26.7. The van der Waals surface area contributed by atoms with E-state index in [0.29, 0.717) is 24.2 Å². The Labute approximate surface area is 196 Å². The average molecular weight is 564 g/mol. The van der Waals surface area contributed by atoms with Gasteiger partial charge >= 0.3 is 6.18 Å². The van der Waals surface area contributed by atoms with Gasteiger partial charge in [0.1, 0.15) is 11.6 Å². The Bertz CT molecular complexity index is 942. The Balaban J connectivity index is 1.44. The molecule has 2 atom stereocenters. The number of alkyl halides is 4. The number of rotatable bonds is 4. The molecule has 0 bridgehead atoms. The molecule has 32 heavy (non-hydrogen) atoms. The van der Waals surface area contributed by atoms with Crippen LogP contribution >= 0.6 is 22.6 Å². The molecule has 0 aromatic heterocycles. The summed E-state index contributed by atoms with van der Waals surface area (Å²) >= 11 is 2.50. The van der Waals surface area contributed by atoms with Gasteiger partial charge in [-0.3, -0.25) is 0 Å². The van der Waals surface area contributed by atoms with Crippen LogP contribution in [0.4, 0.5) is 22.0 Å². The third-order valence-corrected chi connectivity index (χ3v) is 7.22. The number of allylic oxidation sites excluding steroid dienone is 1. The maximum Gasteiger partial charge on any atom is 0.409 e. The maximum atomic E-state index is 14.2. The van der Waals surface area contributed by atoms with Crippen molar-refractivity contribution in [1.29, 1.82) is 0 Å². The molecule has 0 N–H and O–H groups in total. The molecule has 2 nitrogen and oxygen atoms in total. The van der Waals surface area contributed by atoms with Gasteiger partial charge in [-0.15, -0.1) is 0 Å². The van der Waals surface area contributed by atoms with E-state index in [1.165, 1.54) is 12.8 Å². The second-order valence-electron chi connectivity index (χ2n) is 8.20. The van der Waals surface area contributed by atoms with E-state index in [1.54, 1.807) is 24.3 Å². The lowest BCUT2D eigenvalue weighted by molar-refractivity contribution is -0.0791. The molecule has 1 saturated carbocycles. The Morgan fingerprint density at radius 3 is 2.12 bits per heavy atom. The molecule has 2 aliphatic rings. The highest BCUT2D eigenvalue weighted by Gasteiger charge is 2.35. The zero-order valence-corrected chi connectivity index (χ0v) is 19.2. The van der Waals surface area contributed by atoms with Gasteiger partial charge in [-0.05, 0) is 60.9 Å². The molecule has 2 unspecified atom stereocenters. The molecular formula is C24H22F5IO2. The van der Waals surface area contributed by atoms with Gasteiger partial charge in [0.25, 0.3) is 0 Å². The summed E-state index contributed by atoms with van der Waals surface area (Å²) in [6.45, 7) is 0.548. The van der Waals surface area contributed by atoms with Crippen LogP contribution in [-0.2, 0) is 9.47 Å². The molecule has 1 aliphatic heterocycles. The standard InChI is InChI=1S/C24H22F5IO2/c25-20-11-17(12-21(26)19(20)9-10-24(27,28)29)14-1-3-16(4-2-14)23-31-13-22(32-23)15-5-7-18(30)8-6-15/h1-4,9-12,15,18,22-23H,5-8,13H2/b10-9+. The Morgan fingerprint density at radius 2 is 1.53 bits per heavy atom. The fourth-order valence-electron chi connectivity index (χ4n) is 4.21. The lowest BCUT2D eigenvalue weighted by Gasteiger charge is -2.28. The topological polar surface area (TPSA) is 18.5 Å². The number of halogens is 6. The van der Waals surface area contributed by atoms with Crippen LogP contribution in [0.2, 0.25) is 0 Å². The molecule has 172 valence electrons. The van der Waals surface area contributed by atoms with Crippen LogP contribution in [0.3, 0.4) is 0 Å². The highest BCUT2D eigenvalue weighted by atomic mass is 127. The smallest absolute Gasteiger partial charge is 0.346 e. The summed E-state index contributed by atoms with van der Waals surface area (Å²) in [6.07, 6.45) is -0.173. The van der Waals surface area contributed by atoms with E-state index in [1.807, 2.05) is 0 Å². The minimum absolute atomic E-state index is 0.0732. The molecule has 0 spiro atoms. The fraction of sp³-hybridized carbons (Fsp3) is 0.417. The van der Waals surface area contributed by atoms with Crippen LogP contribution in [0.5, 0.6) is 0 Å². The molecule has 0 radical (unpaired) electrons. The second kappa shape index (κ2) is 9.77. The van der Waals surface area contributed by atoms with Gasteiger partial charge in [-0.1, -0.05) is 46.9 Å². The van der Waals surface area contributed by atoms with E-state index < -0.39 is 29.7 Å². The van der Waals surface area contributed by atoms with Crippen molar-refractivity contribution in [1.82, 2.24) is 0 Å². The molecule has 0 amide bonds. The van der Waals surface area contributed by atoms with Gasteiger partial charge in [0, 0.05) is 21.1 Å². The van der Waals surface area contributed by atoms with Crippen LogP contribution in [0.1, 0.15) is 43.1 Å². The van der Waals surface area contributed by atoms with Gasteiger partial charge in [0.2, 0.25) is 0 Å². The first-order chi connectivity index (χ1) is 15.2. The van der Waals surface area contributed by atoms with Crippen molar-refractivity contribution in [3.63, 3.8) is 0 Å². The van der Waals surface area contributed by atoms with Crippen LogP contribution in [0.15, 0.2) is 42.5 Å². The number of hydrogen-bond acceptors (Lipinski definition) is 2. The third-order valence-electron chi connectivity index (χ3n) is 5.97. The van der Waals surface area contributed by atoms with Gasteiger partial charge in [-0.25, -0.2) is 8.78 Å². The van der Waals surface area contributed by atoms with Crippen molar-refractivity contribution in [3.05, 3.63) is 65.2 Å². The van der Waals surface area contributed by atoms with E-state index >= 15 is 0 Å². The van der Waals surface area contributed by atoms with E-state index in [-0.39, 0.29) is 17.7 Å². The van der Waals surface area contributed by atoms with Crippen molar-refractivity contribution in [3.8, 4) is 11.1 Å². The van der Waals surface area contributed by atoms with Gasteiger partial charge in [0.05, 0.1) is 12.7 Å². The molecule has 2 fully saturated rings. The van der Waals surface area contributed by atoms with E-state index in [4.69, 9.17) is 9.47 Å². The minimum atomic E-state index is -4.65. The van der Waals surface area contributed by atoms with E-state index in [0.717, 1.165) is 34.5 Å². The van der Waals surface area contributed by atoms with Gasteiger partial charge in [0.15, 0.2) is 6.29 Å². The molecule has 4 rings (SSSR count). The van der Waals surface area contributed by atoms with Crippen LogP contribution in [0.25, 0.3) is 17.2 Å². The van der Waals surface area contributed by atoms with Crippen molar-refractivity contribution in [2.75, 3.05) is 6.61 Å². The number of hydrogen-bond donors (Lipinski definition) is 0. The third kappa shape index (κ3) is 5.69. The molecule has 1 saturated heterocycles. The molecule has 2 aromatic rings.